The molecule has 0 aliphatic carbocycles. The van der Waals surface area contributed by atoms with E-state index in [1.54, 1.807) is 12.1 Å². The normalized spacial score (nSPS) is 13.0. The van der Waals surface area contributed by atoms with Gasteiger partial charge in [0.15, 0.2) is 0 Å². The molecule has 1 aromatic heterocycles. The smallest absolute Gasteiger partial charge is 0.449 e. The molecule has 23 heavy (non-hydrogen) atoms. The van der Waals surface area contributed by atoms with E-state index in [4.69, 9.17) is 5.11 Å². The van der Waals surface area contributed by atoms with Gasteiger partial charge in [-0.25, -0.2) is 4.98 Å². The Morgan fingerprint density at radius 1 is 1.35 bits per heavy atom. The van der Waals surface area contributed by atoms with Gasteiger partial charge in [-0.2, -0.15) is 13.2 Å². The lowest BCUT2D eigenvalue weighted by atomic mass is 10.2. The summed E-state index contributed by atoms with van der Waals surface area (Å²) < 4.78 is 40.0. The molecular formula is C14H14F3N3O3. The van der Waals surface area contributed by atoms with Gasteiger partial charge in [0.05, 0.1) is 17.0 Å². The Bertz CT molecular complexity index is 740. The first-order valence-electron chi connectivity index (χ1n) is 6.72. The SMILES string of the molecule is CC(CNC(=O)Cn1c(C(F)(F)F)nc2ccccc21)C(=O)O. The first kappa shape index (κ1) is 16.8. The molecular weight excluding hydrogens is 315 g/mol. The van der Waals surface area contributed by atoms with Crippen LogP contribution in [-0.4, -0.2) is 33.1 Å². The number of carbonyl (C=O) groups excluding carboxylic acids is 1. The van der Waals surface area contributed by atoms with Gasteiger partial charge in [-0.15, -0.1) is 0 Å². The third-order valence-corrected chi connectivity index (χ3v) is 3.24. The average molecular weight is 329 g/mol. The van der Waals surface area contributed by atoms with Crippen LogP contribution in [0.5, 0.6) is 0 Å². The van der Waals surface area contributed by atoms with Crippen molar-refractivity contribution in [2.75, 3.05) is 6.54 Å². The number of amides is 1. The second-order valence-electron chi connectivity index (χ2n) is 5.05. The van der Waals surface area contributed by atoms with E-state index < -0.39 is 36.3 Å². The van der Waals surface area contributed by atoms with E-state index in [0.29, 0.717) is 0 Å². The molecule has 2 aromatic rings. The van der Waals surface area contributed by atoms with Gasteiger partial charge in [-0.1, -0.05) is 19.1 Å². The second kappa shape index (κ2) is 6.27. The van der Waals surface area contributed by atoms with Crippen LogP contribution in [0.25, 0.3) is 11.0 Å². The number of hydrogen-bond donors (Lipinski definition) is 2. The standard InChI is InChI=1S/C14H14F3N3O3/c1-8(12(22)23)6-18-11(21)7-20-10-5-3-2-4-9(10)19-13(20)14(15,16)17/h2-5,8H,6-7H2,1H3,(H,18,21)(H,22,23). The van der Waals surface area contributed by atoms with Crippen LogP contribution < -0.4 is 5.32 Å². The average Bonchev–Trinajstić information content (AvgIpc) is 2.83. The summed E-state index contributed by atoms with van der Waals surface area (Å²) >= 11 is 0. The van der Waals surface area contributed by atoms with Crippen molar-refractivity contribution in [2.45, 2.75) is 19.6 Å². The number of carboxylic acid groups (broad SMARTS) is 1. The number of fused-ring (bicyclic) bond motifs is 1. The lowest BCUT2D eigenvalue weighted by Gasteiger charge is -2.12. The van der Waals surface area contributed by atoms with E-state index in [1.165, 1.54) is 19.1 Å². The fourth-order valence-electron chi connectivity index (χ4n) is 2.01. The molecule has 0 spiro atoms. The van der Waals surface area contributed by atoms with Gasteiger partial charge >= 0.3 is 12.1 Å². The Labute approximate surface area is 128 Å². The molecule has 0 bridgehead atoms. The molecule has 0 fully saturated rings. The number of rotatable bonds is 5. The van der Waals surface area contributed by atoms with Crippen LogP contribution in [0.4, 0.5) is 13.2 Å². The van der Waals surface area contributed by atoms with Crippen LogP contribution in [0.15, 0.2) is 24.3 Å². The Morgan fingerprint density at radius 2 is 2.00 bits per heavy atom. The van der Waals surface area contributed by atoms with Crippen LogP contribution in [0.2, 0.25) is 0 Å². The highest BCUT2D eigenvalue weighted by Gasteiger charge is 2.38. The number of benzene rings is 1. The minimum atomic E-state index is -4.70. The topological polar surface area (TPSA) is 84.2 Å². The number of para-hydroxylation sites is 2. The number of alkyl halides is 3. The molecule has 1 aromatic carbocycles. The van der Waals surface area contributed by atoms with Crippen molar-refractivity contribution in [1.82, 2.24) is 14.9 Å². The molecule has 1 heterocycles. The van der Waals surface area contributed by atoms with Gasteiger partial charge in [0.2, 0.25) is 11.7 Å². The predicted octanol–water partition coefficient (Wildman–Crippen LogP) is 1.89. The van der Waals surface area contributed by atoms with Crippen LogP contribution >= 0.6 is 0 Å². The Kier molecular flexibility index (Phi) is 4.57. The number of carbonyl (C=O) groups is 2. The zero-order chi connectivity index (χ0) is 17.2. The molecule has 1 amide bonds. The Balaban J connectivity index is 2.25. The predicted molar refractivity (Wildman–Crippen MR) is 74.5 cm³/mol. The van der Waals surface area contributed by atoms with Crippen molar-refractivity contribution >= 4 is 22.9 Å². The van der Waals surface area contributed by atoms with Gasteiger partial charge in [0, 0.05) is 6.54 Å². The number of aliphatic carboxylic acids is 1. The monoisotopic (exact) mass is 329 g/mol. The summed E-state index contributed by atoms with van der Waals surface area (Å²) in [6.45, 7) is 0.625. The zero-order valence-electron chi connectivity index (χ0n) is 12.1. The highest BCUT2D eigenvalue weighted by atomic mass is 19.4. The van der Waals surface area contributed by atoms with E-state index in [2.05, 4.69) is 10.3 Å². The highest BCUT2D eigenvalue weighted by Crippen LogP contribution is 2.31. The molecule has 0 saturated heterocycles. The lowest BCUT2D eigenvalue weighted by molar-refractivity contribution is -0.147. The third-order valence-electron chi connectivity index (χ3n) is 3.24. The molecule has 0 saturated carbocycles. The minimum Gasteiger partial charge on any atom is -0.481 e. The molecule has 2 N–H and O–H groups in total. The molecule has 6 nitrogen and oxygen atoms in total. The van der Waals surface area contributed by atoms with Crippen LogP contribution in [0.1, 0.15) is 12.7 Å². The third kappa shape index (κ3) is 3.79. The van der Waals surface area contributed by atoms with E-state index in [9.17, 15) is 22.8 Å². The Hall–Kier alpha value is -2.58. The number of imidazole rings is 1. The second-order valence-corrected chi connectivity index (χ2v) is 5.05. The number of halogens is 3. The van der Waals surface area contributed by atoms with Crippen LogP contribution in [-0.2, 0) is 22.3 Å². The van der Waals surface area contributed by atoms with Crippen molar-refractivity contribution in [3.8, 4) is 0 Å². The van der Waals surface area contributed by atoms with Crippen LogP contribution in [0, 0.1) is 5.92 Å². The number of carboxylic acids is 1. The molecule has 0 radical (unpaired) electrons. The minimum absolute atomic E-state index is 0.131. The van der Waals surface area contributed by atoms with Crippen molar-refractivity contribution in [3.63, 3.8) is 0 Å². The van der Waals surface area contributed by atoms with Gasteiger partial charge in [0.25, 0.3) is 0 Å². The summed E-state index contributed by atoms with van der Waals surface area (Å²) in [6.07, 6.45) is -4.70. The lowest BCUT2D eigenvalue weighted by Crippen LogP contribution is -2.34. The first-order valence-corrected chi connectivity index (χ1v) is 6.72. The molecule has 2 rings (SSSR count). The number of nitrogens with zero attached hydrogens (tertiary/aromatic N) is 2. The number of hydrogen-bond acceptors (Lipinski definition) is 3. The molecule has 1 atom stereocenters. The summed E-state index contributed by atoms with van der Waals surface area (Å²) in [5.74, 6) is -3.82. The van der Waals surface area contributed by atoms with E-state index in [-0.39, 0.29) is 17.6 Å². The summed E-state index contributed by atoms with van der Waals surface area (Å²) in [6, 6.07) is 5.95. The molecule has 9 heteroatoms. The summed E-state index contributed by atoms with van der Waals surface area (Å²) in [4.78, 5) is 26.0. The van der Waals surface area contributed by atoms with Crippen LogP contribution in [0.3, 0.4) is 0 Å². The van der Waals surface area contributed by atoms with Gasteiger partial charge in [-0.05, 0) is 12.1 Å². The number of nitrogens with one attached hydrogen (secondary N) is 1. The maximum absolute atomic E-state index is 13.1. The van der Waals surface area contributed by atoms with Gasteiger partial charge in [0.1, 0.15) is 6.54 Å². The highest BCUT2D eigenvalue weighted by molar-refractivity contribution is 5.81. The van der Waals surface area contributed by atoms with E-state index in [1.807, 2.05) is 0 Å². The molecule has 0 aliphatic heterocycles. The Morgan fingerprint density at radius 3 is 2.61 bits per heavy atom. The quantitative estimate of drug-likeness (QED) is 0.877. The molecule has 1 unspecified atom stereocenters. The molecule has 0 aliphatic rings. The summed E-state index contributed by atoms with van der Waals surface area (Å²) in [5.41, 5.74) is 0.313. The van der Waals surface area contributed by atoms with E-state index in [0.717, 1.165) is 4.57 Å². The van der Waals surface area contributed by atoms with Crippen molar-refractivity contribution in [1.29, 1.82) is 0 Å². The van der Waals surface area contributed by atoms with Gasteiger partial charge in [-0.3, -0.25) is 9.59 Å². The zero-order valence-corrected chi connectivity index (χ0v) is 12.1. The molecule has 124 valence electrons. The van der Waals surface area contributed by atoms with Gasteiger partial charge < -0.3 is 15.0 Å². The van der Waals surface area contributed by atoms with Crippen molar-refractivity contribution in [2.24, 2.45) is 5.92 Å². The number of aromatic nitrogens is 2. The van der Waals surface area contributed by atoms with Crippen molar-refractivity contribution in [3.05, 3.63) is 30.1 Å². The van der Waals surface area contributed by atoms with Crippen molar-refractivity contribution < 1.29 is 27.9 Å². The van der Waals surface area contributed by atoms with E-state index >= 15 is 0 Å². The first-order chi connectivity index (χ1) is 10.7. The fraction of sp³-hybridized carbons (Fsp3) is 0.357. The summed E-state index contributed by atoms with van der Waals surface area (Å²) in [5, 5.41) is 11.0. The maximum atomic E-state index is 13.1. The summed E-state index contributed by atoms with van der Waals surface area (Å²) in [7, 11) is 0. The largest absolute Gasteiger partial charge is 0.481 e. The fourth-order valence-corrected chi connectivity index (χ4v) is 2.01. The maximum Gasteiger partial charge on any atom is 0.449 e.